The molecule has 2 saturated heterocycles. The second kappa shape index (κ2) is 6.81. The zero-order valence-corrected chi connectivity index (χ0v) is 15.0. The van der Waals surface area contributed by atoms with Gasteiger partial charge in [-0.15, -0.1) is 0 Å². The van der Waals surface area contributed by atoms with Crippen molar-refractivity contribution in [3.63, 3.8) is 0 Å². The van der Waals surface area contributed by atoms with Gasteiger partial charge in [0.1, 0.15) is 6.04 Å². The van der Waals surface area contributed by atoms with E-state index in [9.17, 15) is 14.4 Å². The van der Waals surface area contributed by atoms with Crippen LogP contribution in [0.15, 0.2) is 18.2 Å². The van der Waals surface area contributed by atoms with Crippen LogP contribution in [-0.4, -0.2) is 59.7 Å². The summed E-state index contributed by atoms with van der Waals surface area (Å²) in [5.41, 5.74) is 2.84. The molecule has 1 unspecified atom stereocenters. The molecular formula is C19H24N4O3. The first-order valence-electron chi connectivity index (χ1n) is 9.21. The second-order valence-electron chi connectivity index (χ2n) is 7.40. The van der Waals surface area contributed by atoms with Crippen LogP contribution in [0.4, 0.5) is 0 Å². The highest BCUT2D eigenvalue weighted by Crippen LogP contribution is 2.28. The third kappa shape index (κ3) is 3.12. The van der Waals surface area contributed by atoms with Crippen LogP contribution in [0.25, 0.3) is 0 Å². The molecule has 0 spiro atoms. The summed E-state index contributed by atoms with van der Waals surface area (Å²) in [7, 11) is 2.00. The van der Waals surface area contributed by atoms with Crippen LogP contribution in [0.1, 0.15) is 40.7 Å². The number of fused-ring (bicyclic) bond motifs is 1. The van der Waals surface area contributed by atoms with Crippen molar-refractivity contribution in [1.82, 2.24) is 20.4 Å². The van der Waals surface area contributed by atoms with Crippen molar-refractivity contribution in [2.75, 3.05) is 20.1 Å². The summed E-state index contributed by atoms with van der Waals surface area (Å²) in [4.78, 5) is 40.2. The number of piperidine rings is 1. The highest BCUT2D eigenvalue weighted by atomic mass is 16.2. The summed E-state index contributed by atoms with van der Waals surface area (Å²) >= 11 is 0. The number of carbonyl (C=O) groups excluding carboxylic acids is 3. The van der Waals surface area contributed by atoms with Crippen molar-refractivity contribution in [2.45, 2.75) is 44.4 Å². The standard InChI is InChI=1S/C19H24N4O3/c1-20-14-6-7-22(11-14)9-12-2-3-15-13(8-12)10-23(19(15)26)16-4-5-17(24)21-18(16)25/h2-3,8,14,16,20H,4-7,9-11H2,1H3,(H,21,24,25)/t14-,16?/m0/s1. The molecule has 2 N–H and O–H groups in total. The van der Waals surface area contributed by atoms with Gasteiger partial charge in [0.15, 0.2) is 0 Å². The van der Waals surface area contributed by atoms with E-state index in [1.165, 1.54) is 5.56 Å². The number of hydrogen-bond donors (Lipinski definition) is 2. The van der Waals surface area contributed by atoms with Crippen LogP contribution < -0.4 is 10.6 Å². The highest BCUT2D eigenvalue weighted by molar-refractivity contribution is 6.05. The van der Waals surface area contributed by atoms with E-state index in [1.54, 1.807) is 4.90 Å². The monoisotopic (exact) mass is 356 g/mol. The van der Waals surface area contributed by atoms with Crippen molar-refractivity contribution in [1.29, 1.82) is 0 Å². The van der Waals surface area contributed by atoms with Crippen LogP contribution >= 0.6 is 0 Å². The molecule has 2 fully saturated rings. The molecule has 3 amide bonds. The molecule has 1 aromatic carbocycles. The van der Waals surface area contributed by atoms with E-state index in [1.807, 2.05) is 19.2 Å². The van der Waals surface area contributed by atoms with Gasteiger partial charge >= 0.3 is 0 Å². The molecule has 0 aromatic heterocycles. The number of amides is 3. The third-order valence-corrected chi connectivity index (χ3v) is 5.67. The average Bonchev–Trinajstić information content (AvgIpc) is 3.19. The van der Waals surface area contributed by atoms with Crippen molar-refractivity contribution in [3.8, 4) is 0 Å². The van der Waals surface area contributed by atoms with E-state index in [4.69, 9.17) is 0 Å². The summed E-state index contributed by atoms with van der Waals surface area (Å²) in [5.74, 6) is -0.738. The molecule has 3 aliphatic rings. The molecule has 7 heteroatoms. The molecule has 0 radical (unpaired) electrons. The normalized spacial score (nSPS) is 26.3. The minimum atomic E-state index is -0.550. The van der Waals surface area contributed by atoms with E-state index in [2.05, 4.69) is 21.6 Å². The van der Waals surface area contributed by atoms with E-state index in [-0.39, 0.29) is 24.1 Å². The fraction of sp³-hybridized carbons (Fsp3) is 0.526. The molecule has 1 aromatic rings. The Morgan fingerprint density at radius 1 is 1.23 bits per heavy atom. The lowest BCUT2D eigenvalue weighted by Crippen LogP contribution is -2.52. The van der Waals surface area contributed by atoms with Gasteiger partial charge in [0.05, 0.1) is 0 Å². The van der Waals surface area contributed by atoms with Crippen molar-refractivity contribution in [2.24, 2.45) is 0 Å². The fourth-order valence-corrected chi connectivity index (χ4v) is 4.20. The molecule has 2 atom stereocenters. The Kier molecular flexibility index (Phi) is 4.50. The van der Waals surface area contributed by atoms with Gasteiger partial charge in [-0.25, -0.2) is 0 Å². The number of rotatable bonds is 4. The number of carbonyl (C=O) groups is 3. The predicted molar refractivity (Wildman–Crippen MR) is 95.2 cm³/mol. The third-order valence-electron chi connectivity index (χ3n) is 5.67. The summed E-state index contributed by atoms with van der Waals surface area (Å²) < 4.78 is 0. The Morgan fingerprint density at radius 2 is 2.08 bits per heavy atom. The lowest BCUT2D eigenvalue weighted by Gasteiger charge is -2.29. The molecular weight excluding hydrogens is 332 g/mol. The Balaban J connectivity index is 1.46. The summed E-state index contributed by atoms with van der Waals surface area (Å²) in [6.45, 7) is 3.42. The average molecular weight is 356 g/mol. The molecule has 0 aliphatic carbocycles. The van der Waals surface area contributed by atoms with Crippen LogP contribution in [0.3, 0.4) is 0 Å². The lowest BCUT2D eigenvalue weighted by molar-refractivity contribution is -0.136. The fourth-order valence-electron chi connectivity index (χ4n) is 4.20. The maximum Gasteiger partial charge on any atom is 0.255 e. The smallest absolute Gasteiger partial charge is 0.255 e. The Morgan fingerprint density at radius 3 is 2.81 bits per heavy atom. The second-order valence-corrected chi connectivity index (χ2v) is 7.40. The van der Waals surface area contributed by atoms with Gasteiger partial charge in [0.25, 0.3) is 5.91 Å². The van der Waals surface area contributed by atoms with Crippen LogP contribution in [0, 0.1) is 0 Å². The van der Waals surface area contributed by atoms with Crippen LogP contribution in [-0.2, 0) is 22.7 Å². The maximum absolute atomic E-state index is 12.7. The molecule has 0 saturated carbocycles. The number of benzene rings is 1. The van der Waals surface area contributed by atoms with Gasteiger partial charge < -0.3 is 10.2 Å². The van der Waals surface area contributed by atoms with Gasteiger partial charge in [-0.2, -0.15) is 0 Å². The quantitative estimate of drug-likeness (QED) is 0.756. The van der Waals surface area contributed by atoms with E-state index in [0.29, 0.717) is 24.6 Å². The largest absolute Gasteiger partial charge is 0.322 e. The molecule has 4 rings (SSSR count). The lowest BCUT2D eigenvalue weighted by atomic mass is 10.0. The van der Waals surface area contributed by atoms with E-state index >= 15 is 0 Å². The Labute approximate surface area is 152 Å². The molecule has 26 heavy (non-hydrogen) atoms. The Bertz CT molecular complexity index is 763. The predicted octanol–water partition coefficient (Wildman–Crippen LogP) is 0.241. The van der Waals surface area contributed by atoms with Gasteiger partial charge in [-0.05, 0) is 37.1 Å². The Hall–Kier alpha value is -2.25. The highest BCUT2D eigenvalue weighted by Gasteiger charge is 2.39. The van der Waals surface area contributed by atoms with Gasteiger partial charge in [0, 0.05) is 44.2 Å². The van der Waals surface area contributed by atoms with E-state index < -0.39 is 6.04 Å². The summed E-state index contributed by atoms with van der Waals surface area (Å²) in [5, 5.41) is 5.66. The van der Waals surface area contributed by atoms with Crippen molar-refractivity contribution >= 4 is 17.7 Å². The molecule has 7 nitrogen and oxygen atoms in total. The SMILES string of the molecule is CN[C@H]1CCN(Cc2ccc3c(c2)CN(C2CCC(=O)NC2=O)C3=O)C1. The molecule has 0 bridgehead atoms. The summed E-state index contributed by atoms with van der Waals surface area (Å²) in [6, 6.07) is 5.98. The van der Waals surface area contributed by atoms with Gasteiger partial charge in [-0.1, -0.05) is 12.1 Å². The van der Waals surface area contributed by atoms with Crippen LogP contribution in [0.2, 0.25) is 0 Å². The number of hydrogen-bond acceptors (Lipinski definition) is 5. The first-order valence-corrected chi connectivity index (χ1v) is 9.21. The van der Waals surface area contributed by atoms with Gasteiger partial charge in [0.2, 0.25) is 11.8 Å². The zero-order valence-electron chi connectivity index (χ0n) is 15.0. The van der Waals surface area contributed by atoms with Crippen LogP contribution in [0.5, 0.6) is 0 Å². The first-order chi connectivity index (χ1) is 12.5. The zero-order chi connectivity index (χ0) is 18.3. The maximum atomic E-state index is 12.7. The van der Waals surface area contributed by atoms with Crippen molar-refractivity contribution < 1.29 is 14.4 Å². The number of nitrogens with zero attached hydrogens (tertiary/aromatic N) is 2. The van der Waals surface area contributed by atoms with E-state index in [0.717, 1.165) is 31.6 Å². The minimum absolute atomic E-state index is 0.113. The minimum Gasteiger partial charge on any atom is -0.322 e. The molecule has 138 valence electrons. The summed E-state index contributed by atoms with van der Waals surface area (Å²) in [6.07, 6.45) is 1.84. The van der Waals surface area contributed by atoms with Gasteiger partial charge in [-0.3, -0.25) is 24.6 Å². The number of imide groups is 1. The van der Waals surface area contributed by atoms with Crippen molar-refractivity contribution in [3.05, 3.63) is 34.9 Å². The number of nitrogens with one attached hydrogen (secondary N) is 2. The number of likely N-dealkylation sites (N-methyl/N-ethyl adjacent to an activating group) is 1. The first kappa shape index (κ1) is 17.2. The molecule has 3 heterocycles. The molecule has 3 aliphatic heterocycles. The number of likely N-dealkylation sites (tertiary alicyclic amines) is 1. The topological polar surface area (TPSA) is 81.8 Å².